The summed E-state index contributed by atoms with van der Waals surface area (Å²) in [6.07, 6.45) is 0.944. The lowest BCUT2D eigenvalue weighted by molar-refractivity contribution is 0.980. The van der Waals surface area contributed by atoms with E-state index in [1.54, 1.807) is 0 Å². The number of hydrogen-bond donors (Lipinski definition) is 0. The van der Waals surface area contributed by atoms with E-state index >= 15 is 0 Å². The lowest BCUT2D eigenvalue weighted by Crippen LogP contribution is -1.87. The first kappa shape index (κ1) is 7.80. The van der Waals surface area contributed by atoms with E-state index in [4.69, 9.17) is 0 Å². The van der Waals surface area contributed by atoms with Crippen LogP contribution in [0.4, 0.5) is 0 Å². The van der Waals surface area contributed by atoms with Crippen molar-refractivity contribution in [3.8, 4) is 0 Å². The molecule has 12 heavy (non-hydrogen) atoms. The largest absolute Gasteiger partial charge is 0.262 e. The maximum atomic E-state index is 4.45. The van der Waals surface area contributed by atoms with Crippen molar-refractivity contribution < 1.29 is 0 Å². The minimum Gasteiger partial charge on any atom is -0.262 e. The Balaban J connectivity index is 2.78. The highest BCUT2D eigenvalue weighted by atomic mass is 79.9. The number of nitrogens with zero attached hydrogens (tertiary/aromatic N) is 2. The number of aryl methyl sites for hydroxylation is 1. The normalized spacial score (nSPS) is 10.8. The van der Waals surface area contributed by atoms with Crippen molar-refractivity contribution >= 4 is 27.2 Å². The highest BCUT2D eigenvalue weighted by Gasteiger charge is 2.04. The molecular weight excluding hydrogens is 216 g/mol. The van der Waals surface area contributed by atoms with E-state index in [1.165, 1.54) is 0 Å². The molecule has 1 aromatic carbocycles. The zero-order valence-corrected chi connectivity index (χ0v) is 8.37. The molecular formula is C9H9BrN2. The predicted octanol–water partition coefficient (Wildman–Crippen LogP) is 2.76. The Morgan fingerprint density at radius 3 is 2.83 bits per heavy atom. The van der Waals surface area contributed by atoms with Gasteiger partial charge < -0.3 is 0 Å². The minimum atomic E-state index is 0.944. The molecule has 0 saturated carbocycles. The van der Waals surface area contributed by atoms with Crippen molar-refractivity contribution in [3.05, 3.63) is 30.1 Å². The maximum absolute atomic E-state index is 4.45. The van der Waals surface area contributed by atoms with Gasteiger partial charge in [0.15, 0.2) is 0 Å². The summed E-state index contributed by atoms with van der Waals surface area (Å²) >= 11 is 3.47. The molecule has 0 N–H and O–H groups in total. The molecule has 1 heterocycles. The fourth-order valence-electron chi connectivity index (χ4n) is 1.26. The molecule has 0 atom stereocenters. The molecule has 0 aliphatic carbocycles. The zero-order valence-electron chi connectivity index (χ0n) is 6.79. The summed E-state index contributed by atoms with van der Waals surface area (Å²) in [5.41, 5.74) is 2.18. The van der Waals surface area contributed by atoms with E-state index < -0.39 is 0 Å². The van der Waals surface area contributed by atoms with Crippen molar-refractivity contribution in [2.75, 3.05) is 0 Å². The van der Waals surface area contributed by atoms with Gasteiger partial charge in [0, 0.05) is 6.42 Å². The first-order valence-corrected chi connectivity index (χ1v) is 4.66. The van der Waals surface area contributed by atoms with Crippen molar-refractivity contribution in [1.29, 1.82) is 0 Å². The number of aromatic nitrogens is 2. The summed E-state index contributed by atoms with van der Waals surface area (Å²) in [6, 6.07) is 8.09. The van der Waals surface area contributed by atoms with Gasteiger partial charge in [-0.1, -0.05) is 19.1 Å². The van der Waals surface area contributed by atoms with E-state index in [2.05, 4.69) is 34.1 Å². The molecule has 3 heteroatoms. The second-order valence-electron chi connectivity index (χ2n) is 2.65. The standard InChI is InChI=1S/C9H9BrN2/c1-2-9-11-7-5-3-4-6-8(7)12(9)10/h3-6H,2H2,1H3. The van der Waals surface area contributed by atoms with Crippen LogP contribution in [-0.2, 0) is 6.42 Å². The lowest BCUT2D eigenvalue weighted by atomic mass is 10.3. The van der Waals surface area contributed by atoms with E-state index in [0.29, 0.717) is 0 Å². The third kappa shape index (κ3) is 1.05. The molecule has 1 aromatic heterocycles. The van der Waals surface area contributed by atoms with Crippen LogP contribution in [0.25, 0.3) is 11.0 Å². The van der Waals surface area contributed by atoms with Crippen LogP contribution in [0.2, 0.25) is 0 Å². The molecule has 2 rings (SSSR count). The molecule has 62 valence electrons. The van der Waals surface area contributed by atoms with Gasteiger partial charge >= 0.3 is 0 Å². The summed E-state index contributed by atoms with van der Waals surface area (Å²) in [5.74, 6) is 1.07. The van der Waals surface area contributed by atoms with Gasteiger partial charge in [-0.2, -0.15) is 0 Å². The van der Waals surface area contributed by atoms with Crippen LogP contribution >= 0.6 is 16.1 Å². The van der Waals surface area contributed by atoms with Crippen LogP contribution in [0.5, 0.6) is 0 Å². The average molecular weight is 225 g/mol. The van der Waals surface area contributed by atoms with Gasteiger partial charge in [0.1, 0.15) is 5.82 Å². The topological polar surface area (TPSA) is 17.8 Å². The number of para-hydroxylation sites is 2. The molecule has 0 aliphatic rings. The Bertz CT molecular complexity index is 406. The van der Waals surface area contributed by atoms with Crippen LogP contribution in [-0.4, -0.2) is 8.58 Å². The number of halogens is 1. The molecule has 0 unspecified atom stereocenters. The number of rotatable bonds is 1. The highest BCUT2D eigenvalue weighted by molar-refractivity contribution is 9.08. The molecule has 0 saturated heterocycles. The van der Waals surface area contributed by atoms with Gasteiger partial charge in [0.25, 0.3) is 0 Å². The summed E-state index contributed by atoms with van der Waals surface area (Å²) in [4.78, 5) is 4.45. The number of hydrogen-bond acceptors (Lipinski definition) is 1. The molecule has 0 amide bonds. The van der Waals surface area contributed by atoms with E-state index in [9.17, 15) is 0 Å². The van der Waals surface area contributed by atoms with E-state index in [0.717, 1.165) is 23.3 Å². The fourth-order valence-corrected chi connectivity index (χ4v) is 1.89. The molecule has 2 aromatic rings. The smallest absolute Gasteiger partial charge is 0.119 e. The van der Waals surface area contributed by atoms with Gasteiger partial charge in [-0.15, -0.1) is 0 Å². The van der Waals surface area contributed by atoms with Gasteiger partial charge in [-0.05, 0) is 12.1 Å². The lowest BCUT2D eigenvalue weighted by Gasteiger charge is -1.93. The number of imidazole rings is 1. The maximum Gasteiger partial charge on any atom is 0.119 e. The van der Waals surface area contributed by atoms with Crippen molar-refractivity contribution in [3.63, 3.8) is 0 Å². The first-order valence-electron chi connectivity index (χ1n) is 3.95. The van der Waals surface area contributed by atoms with Gasteiger partial charge in [-0.3, -0.25) is 3.59 Å². The molecule has 0 aliphatic heterocycles. The molecule has 0 spiro atoms. The summed E-state index contributed by atoms with van der Waals surface area (Å²) in [5, 5.41) is 0. The second kappa shape index (κ2) is 2.90. The van der Waals surface area contributed by atoms with Crippen LogP contribution in [0.1, 0.15) is 12.7 Å². The van der Waals surface area contributed by atoms with E-state index in [1.807, 2.05) is 21.8 Å². The van der Waals surface area contributed by atoms with Crippen LogP contribution in [0.3, 0.4) is 0 Å². The van der Waals surface area contributed by atoms with Crippen LogP contribution in [0, 0.1) is 0 Å². The summed E-state index contributed by atoms with van der Waals surface area (Å²) in [6.45, 7) is 2.10. The molecule has 2 nitrogen and oxygen atoms in total. The van der Waals surface area contributed by atoms with Crippen molar-refractivity contribution in [1.82, 2.24) is 8.58 Å². The van der Waals surface area contributed by atoms with Gasteiger partial charge in [-0.25, -0.2) is 4.98 Å². The third-order valence-corrected chi connectivity index (χ3v) is 2.68. The zero-order chi connectivity index (χ0) is 8.55. The summed E-state index contributed by atoms with van der Waals surface area (Å²) < 4.78 is 1.96. The average Bonchev–Trinajstić information content (AvgIpc) is 2.44. The Morgan fingerprint density at radius 2 is 2.17 bits per heavy atom. The molecule has 0 fully saturated rings. The Morgan fingerprint density at radius 1 is 1.42 bits per heavy atom. The number of fused-ring (bicyclic) bond motifs is 1. The van der Waals surface area contributed by atoms with E-state index in [-0.39, 0.29) is 0 Å². The third-order valence-electron chi connectivity index (χ3n) is 1.89. The quantitative estimate of drug-likeness (QED) is 0.729. The Labute approximate surface area is 79.6 Å². The SMILES string of the molecule is CCc1nc2ccccc2n1Br. The fraction of sp³-hybridized carbons (Fsp3) is 0.222. The Kier molecular flexibility index (Phi) is 1.89. The molecule has 0 bridgehead atoms. The van der Waals surface area contributed by atoms with Crippen molar-refractivity contribution in [2.45, 2.75) is 13.3 Å². The number of benzene rings is 1. The van der Waals surface area contributed by atoms with Crippen LogP contribution in [0.15, 0.2) is 24.3 Å². The molecule has 0 radical (unpaired) electrons. The summed E-state index contributed by atoms with van der Waals surface area (Å²) in [7, 11) is 0. The van der Waals surface area contributed by atoms with Gasteiger partial charge in [0.2, 0.25) is 0 Å². The van der Waals surface area contributed by atoms with Gasteiger partial charge in [0.05, 0.1) is 27.2 Å². The Hall–Kier alpha value is -0.830. The minimum absolute atomic E-state index is 0.944. The monoisotopic (exact) mass is 224 g/mol. The predicted molar refractivity (Wildman–Crippen MR) is 53.4 cm³/mol. The van der Waals surface area contributed by atoms with Crippen LogP contribution < -0.4 is 0 Å². The van der Waals surface area contributed by atoms with Crippen molar-refractivity contribution in [2.24, 2.45) is 0 Å². The highest BCUT2D eigenvalue weighted by Crippen LogP contribution is 2.18. The second-order valence-corrected chi connectivity index (χ2v) is 3.36. The first-order chi connectivity index (χ1) is 5.83.